The zero-order chi connectivity index (χ0) is 14.9. The lowest BCUT2D eigenvalue weighted by Crippen LogP contribution is -2.57. The van der Waals surface area contributed by atoms with Gasteiger partial charge in [0.15, 0.2) is 10.9 Å². The summed E-state index contributed by atoms with van der Waals surface area (Å²) in [4.78, 5) is 17.3. The number of carbonyl (C=O) groups excluding carboxylic acids is 1. The van der Waals surface area contributed by atoms with Crippen LogP contribution in [0.15, 0.2) is 16.7 Å². The molecule has 5 nitrogen and oxygen atoms in total. The molecule has 110 valence electrons. The van der Waals surface area contributed by atoms with Gasteiger partial charge in [-0.15, -0.1) is 0 Å². The highest BCUT2D eigenvalue weighted by atomic mass is 79.9. The van der Waals surface area contributed by atoms with Gasteiger partial charge in [0.1, 0.15) is 11.7 Å². The third-order valence-corrected chi connectivity index (χ3v) is 3.28. The number of hydrogen-bond donors (Lipinski definition) is 0. The Kier molecular flexibility index (Phi) is 4.44. The SMILES string of the molecule is CC(C)(C)OC(=O)N1CC(Oc2cc(Br)cnc2Cl)C1. The van der Waals surface area contributed by atoms with E-state index in [9.17, 15) is 4.79 Å². The molecule has 1 aromatic rings. The van der Waals surface area contributed by atoms with Crippen molar-refractivity contribution in [2.45, 2.75) is 32.5 Å². The zero-order valence-electron chi connectivity index (χ0n) is 11.5. The van der Waals surface area contributed by atoms with E-state index in [1.807, 2.05) is 20.8 Å². The summed E-state index contributed by atoms with van der Waals surface area (Å²) < 4.78 is 11.8. The van der Waals surface area contributed by atoms with Crippen LogP contribution >= 0.6 is 27.5 Å². The smallest absolute Gasteiger partial charge is 0.410 e. The normalized spacial score (nSPS) is 15.8. The maximum Gasteiger partial charge on any atom is 0.410 e. The molecule has 1 aliphatic rings. The van der Waals surface area contributed by atoms with Crippen molar-refractivity contribution in [3.63, 3.8) is 0 Å². The van der Waals surface area contributed by atoms with Gasteiger partial charge in [0.05, 0.1) is 13.1 Å². The zero-order valence-corrected chi connectivity index (χ0v) is 13.9. The Bertz CT molecular complexity index is 513. The molecule has 1 fully saturated rings. The molecule has 2 heterocycles. The predicted molar refractivity (Wildman–Crippen MR) is 79.2 cm³/mol. The van der Waals surface area contributed by atoms with Crippen LogP contribution in [0.5, 0.6) is 5.75 Å². The highest BCUT2D eigenvalue weighted by molar-refractivity contribution is 9.10. The number of rotatable bonds is 2. The summed E-state index contributed by atoms with van der Waals surface area (Å²) >= 11 is 9.25. The van der Waals surface area contributed by atoms with E-state index in [1.54, 1.807) is 17.2 Å². The van der Waals surface area contributed by atoms with Crippen molar-refractivity contribution < 1.29 is 14.3 Å². The van der Waals surface area contributed by atoms with E-state index in [1.165, 1.54) is 0 Å². The van der Waals surface area contributed by atoms with E-state index in [2.05, 4.69) is 20.9 Å². The Labute approximate surface area is 131 Å². The molecule has 0 bridgehead atoms. The molecule has 1 amide bonds. The second kappa shape index (κ2) is 5.77. The molecule has 0 aliphatic carbocycles. The van der Waals surface area contributed by atoms with Gasteiger partial charge in [0.2, 0.25) is 0 Å². The van der Waals surface area contributed by atoms with Crippen molar-refractivity contribution in [3.05, 3.63) is 21.9 Å². The van der Waals surface area contributed by atoms with Gasteiger partial charge in [-0.05, 0) is 42.8 Å². The van der Waals surface area contributed by atoms with Gasteiger partial charge >= 0.3 is 6.09 Å². The molecular formula is C13H16BrClN2O3. The molecule has 0 N–H and O–H groups in total. The number of pyridine rings is 1. The van der Waals surface area contributed by atoms with E-state index >= 15 is 0 Å². The highest BCUT2D eigenvalue weighted by Crippen LogP contribution is 2.28. The van der Waals surface area contributed by atoms with Gasteiger partial charge in [-0.2, -0.15) is 0 Å². The number of likely N-dealkylation sites (tertiary alicyclic amines) is 1. The van der Waals surface area contributed by atoms with Crippen LogP contribution in [0.3, 0.4) is 0 Å². The first kappa shape index (κ1) is 15.4. The second-order valence-electron chi connectivity index (χ2n) is 5.57. The van der Waals surface area contributed by atoms with Crippen molar-refractivity contribution in [1.82, 2.24) is 9.88 Å². The number of ether oxygens (including phenoxy) is 2. The number of carbonyl (C=O) groups is 1. The molecule has 0 unspecified atom stereocenters. The molecule has 2 rings (SSSR count). The van der Waals surface area contributed by atoms with Gasteiger partial charge < -0.3 is 14.4 Å². The van der Waals surface area contributed by atoms with Gasteiger partial charge in [-0.25, -0.2) is 9.78 Å². The maximum absolute atomic E-state index is 11.8. The Balaban J connectivity index is 1.85. The molecule has 0 spiro atoms. The third kappa shape index (κ3) is 3.99. The molecule has 0 saturated carbocycles. The van der Waals surface area contributed by atoms with Crippen LogP contribution in [0.2, 0.25) is 5.15 Å². The van der Waals surface area contributed by atoms with E-state index in [0.29, 0.717) is 24.0 Å². The minimum absolute atomic E-state index is 0.0869. The fourth-order valence-corrected chi connectivity index (χ4v) is 2.11. The minimum Gasteiger partial charge on any atom is -0.483 e. The van der Waals surface area contributed by atoms with E-state index in [4.69, 9.17) is 21.1 Å². The summed E-state index contributed by atoms with van der Waals surface area (Å²) in [6, 6.07) is 1.76. The van der Waals surface area contributed by atoms with Crippen LogP contribution in [0.4, 0.5) is 4.79 Å². The Morgan fingerprint density at radius 1 is 1.50 bits per heavy atom. The standard InChI is InChI=1S/C13H16BrClN2O3/c1-13(2,3)20-12(18)17-6-9(7-17)19-10-4-8(14)5-16-11(10)15/h4-5,9H,6-7H2,1-3H3. The Hall–Kier alpha value is -1.01. The molecule has 0 aromatic carbocycles. The molecular weight excluding hydrogens is 348 g/mol. The van der Waals surface area contributed by atoms with Crippen LogP contribution in [-0.2, 0) is 4.74 Å². The van der Waals surface area contributed by atoms with Gasteiger partial charge in [0, 0.05) is 10.7 Å². The lowest BCUT2D eigenvalue weighted by molar-refractivity contribution is -0.0222. The molecule has 1 saturated heterocycles. The first-order chi connectivity index (χ1) is 9.24. The van der Waals surface area contributed by atoms with Crippen molar-refractivity contribution in [3.8, 4) is 5.75 Å². The predicted octanol–water partition coefficient (Wildman–Crippen LogP) is 3.50. The average molecular weight is 364 g/mol. The number of amides is 1. The largest absolute Gasteiger partial charge is 0.483 e. The van der Waals surface area contributed by atoms with Crippen LogP contribution in [0.1, 0.15) is 20.8 Å². The topological polar surface area (TPSA) is 51.7 Å². The quantitative estimate of drug-likeness (QED) is 0.755. The number of halogens is 2. The van der Waals surface area contributed by atoms with E-state index < -0.39 is 5.60 Å². The van der Waals surface area contributed by atoms with Gasteiger partial charge in [-0.1, -0.05) is 11.6 Å². The van der Waals surface area contributed by atoms with Crippen LogP contribution in [0, 0.1) is 0 Å². The number of nitrogens with zero attached hydrogens (tertiary/aromatic N) is 2. The molecule has 20 heavy (non-hydrogen) atoms. The summed E-state index contributed by atoms with van der Waals surface area (Å²) in [5, 5.41) is 0.309. The molecule has 7 heteroatoms. The first-order valence-corrected chi connectivity index (χ1v) is 7.37. The van der Waals surface area contributed by atoms with Crippen LogP contribution in [0.25, 0.3) is 0 Å². The molecule has 0 atom stereocenters. The van der Waals surface area contributed by atoms with Gasteiger partial charge in [0.25, 0.3) is 0 Å². The van der Waals surface area contributed by atoms with Crippen LogP contribution in [-0.4, -0.2) is 40.8 Å². The van der Waals surface area contributed by atoms with Crippen molar-refractivity contribution in [1.29, 1.82) is 0 Å². The number of hydrogen-bond acceptors (Lipinski definition) is 4. The van der Waals surface area contributed by atoms with E-state index in [0.717, 1.165) is 4.47 Å². The summed E-state index contributed by atoms with van der Waals surface area (Å²) in [5.74, 6) is 0.509. The lowest BCUT2D eigenvalue weighted by atomic mass is 10.1. The summed E-state index contributed by atoms with van der Waals surface area (Å²) in [7, 11) is 0. The van der Waals surface area contributed by atoms with E-state index in [-0.39, 0.29) is 12.2 Å². The van der Waals surface area contributed by atoms with Crippen molar-refractivity contribution >= 4 is 33.6 Å². The third-order valence-electron chi connectivity index (χ3n) is 2.57. The molecule has 1 aromatic heterocycles. The van der Waals surface area contributed by atoms with Crippen molar-refractivity contribution in [2.24, 2.45) is 0 Å². The highest BCUT2D eigenvalue weighted by Gasteiger charge is 2.35. The monoisotopic (exact) mass is 362 g/mol. The van der Waals surface area contributed by atoms with Crippen LogP contribution < -0.4 is 4.74 Å². The summed E-state index contributed by atoms with van der Waals surface area (Å²) in [6.45, 7) is 6.48. The summed E-state index contributed by atoms with van der Waals surface area (Å²) in [6.07, 6.45) is 1.19. The molecule has 1 aliphatic heterocycles. The first-order valence-electron chi connectivity index (χ1n) is 6.20. The molecule has 0 radical (unpaired) electrons. The fourth-order valence-electron chi connectivity index (χ4n) is 1.65. The van der Waals surface area contributed by atoms with Gasteiger partial charge in [-0.3, -0.25) is 0 Å². The lowest BCUT2D eigenvalue weighted by Gasteiger charge is -2.39. The average Bonchev–Trinajstić information content (AvgIpc) is 2.24. The Morgan fingerprint density at radius 2 is 2.15 bits per heavy atom. The maximum atomic E-state index is 11.8. The summed E-state index contributed by atoms with van der Waals surface area (Å²) in [5.41, 5.74) is -0.486. The van der Waals surface area contributed by atoms with Crippen molar-refractivity contribution in [2.75, 3.05) is 13.1 Å². The fraction of sp³-hybridized carbons (Fsp3) is 0.538. The number of aromatic nitrogens is 1. The second-order valence-corrected chi connectivity index (χ2v) is 6.84. The minimum atomic E-state index is -0.486. The Morgan fingerprint density at radius 3 is 2.75 bits per heavy atom.